The van der Waals surface area contributed by atoms with Crippen LogP contribution >= 0.6 is 22.6 Å². The molecule has 0 saturated heterocycles. The van der Waals surface area contributed by atoms with Crippen LogP contribution in [0.4, 0.5) is 0 Å². The lowest BCUT2D eigenvalue weighted by molar-refractivity contribution is 0.684. The summed E-state index contributed by atoms with van der Waals surface area (Å²) in [6.45, 7) is 0. The third-order valence-corrected chi connectivity index (χ3v) is 3.77. The molecule has 0 aromatic carbocycles. The molecule has 1 saturated carbocycles. The molecule has 1 heterocycles. The van der Waals surface area contributed by atoms with Gasteiger partial charge in [0.15, 0.2) is 0 Å². The molecular weight excluding hydrogens is 265 g/mol. The van der Waals surface area contributed by atoms with Crippen LogP contribution in [-0.2, 0) is 7.05 Å². The van der Waals surface area contributed by atoms with Gasteiger partial charge in [0.2, 0.25) is 0 Å². The number of nitrogens with zero attached hydrogens (tertiary/aromatic N) is 3. The van der Waals surface area contributed by atoms with E-state index in [2.05, 4.69) is 32.9 Å². The Morgan fingerprint density at radius 1 is 1.42 bits per heavy atom. The molecule has 0 aliphatic heterocycles. The fourth-order valence-electron chi connectivity index (χ4n) is 1.81. The Bertz CT molecular complexity index is 276. The van der Waals surface area contributed by atoms with E-state index in [1.54, 1.807) is 0 Å². The van der Waals surface area contributed by atoms with E-state index >= 15 is 0 Å². The van der Waals surface area contributed by atoms with Crippen LogP contribution < -0.4 is 0 Å². The molecule has 1 aliphatic rings. The second-order valence-corrected chi connectivity index (χ2v) is 4.39. The highest BCUT2D eigenvalue weighted by molar-refractivity contribution is 14.1. The molecule has 0 amide bonds. The molecule has 12 heavy (non-hydrogen) atoms. The standard InChI is InChI=1S/C8H12IN3/c1-12-8(9)7(10-11-12)6-4-2-3-5-6/h6H,2-5H2,1H3. The predicted molar refractivity (Wildman–Crippen MR) is 54.9 cm³/mol. The van der Waals surface area contributed by atoms with Gasteiger partial charge in [-0.25, -0.2) is 4.68 Å². The van der Waals surface area contributed by atoms with E-state index in [-0.39, 0.29) is 0 Å². The Morgan fingerprint density at radius 3 is 2.58 bits per heavy atom. The quantitative estimate of drug-likeness (QED) is 0.736. The highest BCUT2D eigenvalue weighted by atomic mass is 127. The summed E-state index contributed by atoms with van der Waals surface area (Å²) in [4.78, 5) is 0. The number of aromatic nitrogens is 3. The monoisotopic (exact) mass is 277 g/mol. The van der Waals surface area contributed by atoms with Gasteiger partial charge in [0.1, 0.15) is 3.70 Å². The van der Waals surface area contributed by atoms with Gasteiger partial charge in [-0.1, -0.05) is 18.1 Å². The zero-order valence-electron chi connectivity index (χ0n) is 7.13. The van der Waals surface area contributed by atoms with Gasteiger partial charge in [0.05, 0.1) is 5.69 Å². The van der Waals surface area contributed by atoms with Crippen LogP contribution in [0.1, 0.15) is 37.3 Å². The molecule has 1 fully saturated rings. The van der Waals surface area contributed by atoms with E-state index < -0.39 is 0 Å². The molecule has 0 radical (unpaired) electrons. The number of aryl methyl sites for hydroxylation is 1. The molecule has 0 spiro atoms. The van der Waals surface area contributed by atoms with Gasteiger partial charge >= 0.3 is 0 Å². The highest BCUT2D eigenvalue weighted by Crippen LogP contribution is 2.34. The van der Waals surface area contributed by atoms with Gasteiger partial charge in [0.25, 0.3) is 0 Å². The smallest absolute Gasteiger partial charge is 0.122 e. The Hall–Kier alpha value is -0.130. The first-order valence-electron chi connectivity index (χ1n) is 4.34. The van der Waals surface area contributed by atoms with Crippen molar-refractivity contribution < 1.29 is 0 Å². The molecule has 4 heteroatoms. The minimum absolute atomic E-state index is 0.686. The number of hydrogen-bond donors (Lipinski definition) is 0. The number of halogens is 1. The summed E-state index contributed by atoms with van der Waals surface area (Å²) in [6.07, 6.45) is 5.32. The van der Waals surface area contributed by atoms with Crippen LogP contribution in [0.3, 0.4) is 0 Å². The summed E-state index contributed by atoms with van der Waals surface area (Å²) in [6, 6.07) is 0. The third kappa shape index (κ3) is 1.36. The van der Waals surface area contributed by atoms with E-state index in [4.69, 9.17) is 0 Å². The Balaban J connectivity index is 2.26. The number of hydrogen-bond acceptors (Lipinski definition) is 2. The van der Waals surface area contributed by atoms with Gasteiger partial charge in [-0.2, -0.15) is 0 Å². The lowest BCUT2D eigenvalue weighted by Crippen LogP contribution is -1.97. The maximum absolute atomic E-state index is 4.20. The van der Waals surface area contributed by atoms with Crippen LogP contribution in [0.15, 0.2) is 0 Å². The van der Waals surface area contributed by atoms with Crippen molar-refractivity contribution in [1.82, 2.24) is 15.0 Å². The van der Waals surface area contributed by atoms with Crippen molar-refractivity contribution in [2.75, 3.05) is 0 Å². The molecule has 3 nitrogen and oxygen atoms in total. The zero-order valence-corrected chi connectivity index (χ0v) is 9.28. The lowest BCUT2D eigenvalue weighted by Gasteiger charge is -2.03. The van der Waals surface area contributed by atoms with Crippen molar-refractivity contribution in [2.24, 2.45) is 7.05 Å². The first kappa shape index (κ1) is 8.47. The van der Waals surface area contributed by atoms with Crippen molar-refractivity contribution in [3.63, 3.8) is 0 Å². The average Bonchev–Trinajstić information content (AvgIpc) is 2.64. The minimum atomic E-state index is 0.686. The number of rotatable bonds is 1. The topological polar surface area (TPSA) is 30.7 Å². The second kappa shape index (κ2) is 3.32. The molecular formula is C8H12IN3. The fraction of sp³-hybridized carbons (Fsp3) is 0.750. The van der Waals surface area contributed by atoms with E-state index in [1.165, 1.54) is 35.1 Å². The maximum Gasteiger partial charge on any atom is 0.122 e. The van der Waals surface area contributed by atoms with Crippen LogP contribution in [0.5, 0.6) is 0 Å². The Labute approximate surface area is 85.7 Å². The van der Waals surface area contributed by atoms with Crippen molar-refractivity contribution in [3.05, 3.63) is 9.39 Å². The Morgan fingerprint density at radius 2 is 2.08 bits per heavy atom. The summed E-state index contributed by atoms with van der Waals surface area (Å²) in [5.74, 6) is 0.686. The molecule has 0 bridgehead atoms. The molecule has 1 aromatic heterocycles. The molecule has 66 valence electrons. The molecule has 0 N–H and O–H groups in total. The predicted octanol–water partition coefficient (Wildman–Crippen LogP) is 2.08. The van der Waals surface area contributed by atoms with Crippen molar-refractivity contribution in [2.45, 2.75) is 31.6 Å². The maximum atomic E-state index is 4.20. The fourth-order valence-corrected chi connectivity index (χ4v) is 2.46. The summed E-state index contributed by atoms with van der Waals surface area (Å²) in [5.41, 5.74) is 1.22. The van der Waals surface area contributed by atoms with E-state index in [0.29, 0.717) is 5.92 Å². The van der Waals surface area contributed by atoms with Gasteiger partial charge in [-0.05, 0) is 35.4 Å². The molecule has 1 aliphatic carbocycles. The van der Waals surface area contributed by atoms with Gasteiger partial charge < -0.3 is 0 Å². The zero-order chi connectivity index (χ0) is 8.55. The highest BCUT2D eigenvalue weighted by Gasteiger charge is 2.22. The summed E-state index contributed by atoms with van der Waals surface area (Å²) < 4.78 is 3.06. The van der Waals surface area contributed by atoms with E-state index in [9.17, 15) is 0 Å². The molecule has 2 rings (SSSR count). The van der Waals surface area contributed by atoms with Crippen LogP contribution in [-0.4, -0.2) is 15.0 Å². The van der Waals surface area contributed by atoms with Crippen molar-refractivity contribution >= 4 is 22.6 Å². The minimum Gasteiger partial charge on any atom is -0.242 e. The second-order valence-electron chi connectivity index (χ2n) is 3.37. The normalized spacial score (nSPS) is 18.8. The molecule has 1 aromatic rings. The van der Waals surface area contributed by atoms with E-state index in [0.717, 1.165) is 0 Å². The van der Waals surface area contributed by atoms with Crippen LogP contribution in [0, 0.1) is 3.70 Å². The first-order valence-corrected chi connectivity index (χ1v) is 5.42. The average molecular weight is 277 g/mol. The summed E-state index contributed by atoms with van der Waals surface area (Å²) in [5, 5.41) is 8.22. The molecule has 0 atom stereocenters. The SMILES string of the molecule is Cn1nnc(C2CCCC2)c1I. The largest absolute Gasteiger partial charge is 0.242 e. The Kier molecular flexibility index (Phi) is 2.34. The summed E-state index contributed by atoms with van der Waals surface area (Å²) >= 11 is 2.33. The van der Waals surface area contributed by atoms with Gasteiger partial charge in [0, 0.05) is 13.0 Å². The third-order valence-electron chi connectivity index (χ3n) is 2.52. The van der Waals surface area contributed by atoms with Gasteiger partial charge in [-0.15, -0.1) is 5.10 Å². The first-order chi connectivity index (χ1) is 5.79. The lowest BCUT2D eigenvalue weighted by atomic mass is 10.1. The van der Waals surface area contributed by atoms with Crippen LogP contribution in [0.25, 0.3) is 0 Å². The summed E-state index contributed by atoms with van der Waals surface area (Å²) in [7, 11) is 1.95. The van der Waals surface area contributed by atoms with Crippen LogP contribution in [0.2, 0.25) is 0 Å². The van der Waals surface area contributed by atoms with Crippen molar-refractivity contribution in [1.29, 1.82) is 0 Å². The van der Waals surface area contributed by atoms with Crippen molar-refractivity contribution in [3.8, 4) is 0 Å². The molecule has 0 unspecified atom stereocenters. The van der Waals surface area contributed by atoms with E-state index in [1.807, 2.05) is 11.7 Å². The van der Waals surface area contributed by atoms with Gasteiger partial charge in [-0.3, -0.25) is 0 Å².